The summed E-state index contributed by atoms with van der Waals surface area (Å²) in [5.41, 5.74) is -0.513. The number of rotatable bonds is 5. The van der Waals surface area contributed by atoms with Gasteiger partial charge >= 0.3 is 5.76 Å². The quantitative estimate of drug-likeness (QED) is 0.780. The lowest BCUT2D eigenvalue weighted by Crippen LogP contribution is -2.30. The van der Waals surface area contributed by atoms with Crippen LogP contribution in [0.2, 0.25) is 0 Å². The monoisotopic (exact) mass is 200 g/mol. The van der Waals surface area contributed by atoms with Gasteiger partial charge in [-0.3, -0.25) is 9.51 Å². The van der Waals surface area contributed by atoms with Crippen molar-refractivity contribution in [2.45, 2.75) is 39.2 Å². The predicted octanol–water partition coefficient (Wildman–Crippen LogP) is 1.41. The first-order chi connectivity index (χ1) is 6.68. The van der Waals surface area contributed by atoms with E-state index in [4.69, 9.17) is 4.74 Å². The third-order valence-electron chi connectivity index (χ3n) is 2.43. The molecule has 0 saturated carbocycles. The van der Waals surface area contributed by atoms with Gasteiger partial charge in [0, 0.05) is 6.61 Å². The van der Waals surface area contributed by atoms with Crippen LogP contribution in [0, 0.1) is 0 Å². The average molecular weight is 200 g/mol. The van der Waals surface area contributed by atoms with Gasteiger partial charge in [-0.2, -0.15) is 0 Å². The van der Waals surface area contributed by atoms with Gasteiger partial charge in [0.1, 0.15) is 5.60 Å². The number of nitrogens with zero attached hydrogens (tertiary/aromatic N) is 1. The van der Waals surface area contributed by atoms with Crippen LogP contribution in [0.4, 0.5) is 0 Å². The van der Waals surface area contributed by atoms with Gasteiger partial charge in [0.05, 0.1) is 0 Å². The molecule has 0 aliphatic carbocycles. The Bertz CT molecular complexity index is 325. The molecule has 1 N–H and O–H groups in total. The third-order valence-corrected chi connectivity index (χ3v) is 2.43. The topological polar surface area (TPSA) is 68.1 Å². The average Bonchev–Trinajstić information content (AvgIpc) is 2.62. The fraction of sp³-hybridized carbons (Fsp3) is 0.778. The van der Waals surface area contributed by atoms with E-state index in [1.54, 1.807) is 0 Å². The van der Waals surface area contributed by atoms with Gasteiger partial charge in [0.15, 0.2) is 5.82 Å². The van der Waals surface area contributed by atoms with Crippen LogP contribution < -0.4 is 5.76 Å². The van der Waals surface area contributed by atoms with E-state index in [1.807, 2.05) is 20.8 Å². The first-order valence-electron chi connectivity index (χ1n) is 4.89. The molecule has 0 bridgehead atoms. The van der Waals surface area contributed by atoms with E-state index in [9.17, 15) is 4.79 Å². The number of hydrogen-bond acceptors (Lipinski definition) is 4. The molecule has 5 heteroatoms. The molecular formula is C9H16N2O3. The van der Waals surface area contributed by atoms with Crippen LogP contribution >= 0.6 is 0 Å². The SMILES string of the molecule is CCOC(CC)(CC)c1noc(=O)[nH]1. The summed E-state index contributed by atoms with van der Waals surface area (Å²) in [4.78, 5) is 13.4. The molecule has 0 saturated heterocycles. The Kier molecular flexibility index (Phi) is 3.46. The number of hydrogen-bond donors (Lipinski definition) is 1. The highest BCUT2D eigenvalue weighted by molar-refractivity contribution is 4.98. The Morgan fingerprint density at radius 3 is 2.43 bits per heavy atom. The van der Waals surface area contributed by atoms with E-state index in [1.165, 1.54) is 0 Å². The summed E-state index contributed by atoms with van der Waals surface area (Å²) in [6.07, 6.45) is 1.50. The van der Waals surface area contributed by atoms with Crippen molar-refractivity contribution < 1.29 is 9.26 Å². The summed E-state index contributed by atoms with van der Waals surface area (Å²) >= 11 is 0. The molecule has 0 fully saturated rings. The maximum absolute atomic E-state index is 10.8. The molecule has 1 heterocycles. The van der Waals surface area contributed by atoms with Gasteiger partial charge in [0.2, 0.25) is 0 Å². The molecule has 0 spiro atoms. The lowest BCUT2D eigenvalue weighted by atomic mass is 9.96. The van der Waals surface area contributed by atoms with Crippen LogP contribution in [-0.2, 0) is 10.3 Å². The molecule has 1 aromatic heterocycles. The molecule has 0 amide bonds. The largest absolute Gasteiger partial charge is 0.439 e. The van der Waals surface area contributed by atoms with Crippen molar-refractivity contribution in [1.29, 1.82) is 0 Å². The van der Waals surface area contributed by atoms with Crippen molar-refractivity contribution in [3.05, 3.63) is 16.4 Å². The van der Waals surface area contributed by atoms with Crippen molar-refractivity contribution >= 4 is 0 Å². The van der Waals surface area contributed by atoms with Crippen molar-refractivity contribution in [2.24, 2.45) is 0 Å². The molecule has 0 aliphatic heterocycles. The van der Waals surface area contributed by atoms with Gasteiger partial charge in [-0.15, -0.1) is 0 Å². The Balaban J connectivity index is 3.02. The van der Waals surface area contributed by atoms with Gasteiger partial charge < -0.3 is 4.74 Å². The molecule has 0 aliphatic rings. The number of aromatic nitrogens is 2. The van der Waals surface area contributed by atoms with Crippen LogP contribution in [-0.4, -0.2) is 16.7 Å². The normalized spacial score (nSPS) is 11.9. The Labute approximate surface area is 82.4 Å². The maximum atomic E-state index is 10.8. The van der Waals surface area contributed by atoms with Gasteiger partial charge in [0.25, 0.3) is 0 Å². The Morgan fingerprint density at radius 2 is 2.07 bits per heavy atom. The zero-order valence-electron chi connectivity index (χ0n) is 8.79. The lowest BCUT2D eigenvalue weighted by Gasteiger charge is -2.28. The number of H-pyrrole nitrogens is 1. The summed E-state index contributed by atoms with van der Waals surface area (Å²) in [5.74, 6) is -0.0553. The minimum absolute atomic E-state index is 0.481. The van der Waals surface area contributed by atoms with Crippen LogP contribution in [0.1, 0.15) is 39.4 Å². The highest BCUT2D eigenvalue weighted by atomic mass is 16.5. The Morgan fingerprint density at radius 1 is 1.43 bits per heavy atom. The highest BCUT2D eigenvalue weighted by Crippen LogP contribution is 2.29. The van der Waals surface area contributed by atoms with Gasteiger partial charge in [-0.1, -0.05) is 19.0 Å². The predicted molar refractivity (Wildman–Crippen MR) is 51.0 cm³/mol. The van der Waals surface area contributed by atoms with Crippen LogP contribution in [0.25, 0.3) is 0 Å². The molecule has 14 heavy (non-hydrogen) atoms. The van der Waals surface area contributed by atoms with Gasteiger partial charge in [-0.05, 0) is 19.8 Å². The second kappa shape index (κ2) is 4.41. The summed E-state index contributed by atoms with van der Waals surface area (Å²) in [6.45, 7) is 6.48. The molecule has 5 nitrogen and oxygen atoms in total. The summed E-state index contributed by atoms with van der Waals surface area (Å²) in [7, 11) is 0. The summed E-state index contributed by atoms with van der Waals surface area (Å²) in [6, 6.07) is 0. The summed E-state index contributed by atoms with van der Waals surface area (Å²) in [5, 5.41) is 3.68. The smallest absolute Gasteiger partial charge is 0.367 e. The minimum atomic E-state index is -0.536. The standard InChI is InChI=1S/C9H16N2O3/c1-4-9(5-2,13-6-3)7-10-8(12)14-11-7/h4-6H2,1-3H3,(H,10,11,12). The third kappa shape index (κ3) is 1.87. The molecule has 0 aromatic carbocycles. The fourth-order valence-electron chi connectivity index (χ4n) is 1.56. The fourth-order valence-corrected chi connectivity index (χ4v) is 1.56. The molecule has 1 rings (SSSR count). The lowest BCUT2D eigenvalue weighted by molar-refractivity contribution is -0.0583. The molecule has 1 aromatic rings. The van der Waals surface area contributed by atoms with Crippen molar-refractivity contribution in [1.82, 2.24) is 10.1 Å². The van der Waals surface area contributed by atoms with Crippen molar-refractivity contribution in [2.75, 3.05) is 6.61 Å². The van der Waals surface area contributed by atoms with Crippen molar-refractivity contribution in [3.63, 3.8) is 0 Å². The van der Waals surface area contributed by atoms with Gasteiger partial charge in [-0.25, -0.2) is 4.79 Å². The van der Waals surface area contributed by atoms with E-state index in [-0.39, 0.29) is 0 Å². The number of nitrogens with one attached hydrogen (secondary N) is 1. The Hall–Kier alpha value is -1.10. The minimum Gasteiger partial charge on any atom is -0.367 e. The molecular weight excluding hydrogens is 184 g/mol. The van der Waals surface area contributed by atoms with Crippen LogP contribution in [0.15, 0.2) is 9.32 Å². The van der Waals surface area contributed by atoms with E-state index < -0.39 is 11.4 Å². The molecule has 0 atom stereocenters. The maximum Gasteiger partial charge on any atom is 0.439 e. The molecule has 80 valence electrons. The summed E-state index contributed by atoms with van der Waals surface area (Å²) < 4.78 is 10.1. The molecule has 0 radical (unpaired) electrons. The zero-order valence-corrected chi connectivity index (χ0v) is 8.79. The second-order valence-electron chi connectivity index (χ2n) is 3.08. The first-order valence-corrected chi connectivity index (χ1v) is 4.89. The highest BCUT2D eigenvalue weighted by Gasteiger charge is 2.33. The van der Waals surface area contributed by atoms with Crippen molar-refractivity contribution in [3.8, 4) is 0 Å². The second-order valence-corrected chi connectivity index (χ2v) is 3.08. The van der Waals surface area contributed by atoms with E-state index >= 15 is 0 Å². The number of ether oxygens (including phenoxy) is 1. The number of aromatic amines is 1. The van der Waals surface area contributed by atoms with E-state index in [0.717, 1.165) is 12.8 Å². The van der Waals surface area contributed by atoms with E-state index in [2.05, 4.69) is 14.7 Å². The van der Waals surface area contributed by atoms with E-state index in [0.29, 0.717) is 12.4 Å². The first kappa shape index (κ1) is 11.0. The molecule has 0 unspecified atom stereocenters. The van der Waals surface area contributed by atoms with Crippen LogP contribution in [0.5, 0.6) is 0 Å². The zero-order chi connectivity index (χ0) is 10.6. The van der Waals surface area contributed by atoms with Crippen LogP contribution in [0.3, 0.4) is 0 Å².